The minimum absolute atomic E-state index is 0.145. The van der Waals surface area contributed by atoms with E-state index in [0.29, 0.717) is 12.5 Å². The van der Waals surface area contributed by atoms with Crippen LogP contribution in [0.15, 0.2) is 30.3 Å². The van der Waals surface area contributed by atoms with Gasteiger partial charge in [0.1, 0.15) is 0 Å². The molecule has 0 bridgehead atoms. The number of rotatable bonds is 5. The molecule has 2 aliphatic rings. The van der Waals surface area contributed by atoms with Crippen LogP contribution in [0.2, 0.25) is 0 Å². The average molecular weight is 302 g/mol. The summed E-state index contributed by atoms with van der Waals surface area (Å²) in [4.78, 5) is 15.1. The molecule has 4 heteroatoms. The van der Waals surface area contributed by atoms with Crippen molar-refractivity contribution in [3.63, 3.8) is 0 Å². The molecule has 120 valence electrons. The quantitative estimate of drug-likeness (QED) is 0.872. The van der Waals surface area contributed by atoms with Crippen molar-refractivity contribution in [3.8, 4) is 0 Å². The number of nitrogens with zero attached hydrogens (tertiary/aromatic N) is 1. The van der Waals surface area contributed by atoms with Gasteiger partial charge in [-0.1, -0.05) is 36.8 Å². The zero-order chi connectivity index (χ0) is 15.6. The van der Waals surface area contributed by atoms with Gasteiger partial charge in [-0.3, -0.25) is 9.69 Å². The van der Waals surface area contributed by atoms with Crippen LogP contribution in [0.25, 0.3) is 0 Å². The highest BCUT2D eigenvalue weighted by atomic mass is 16.3. The molecule has 2 N–H and O–H groups in total. The summed E-state index contributed by atoms with van der Waals surface area (Å²) in [6.45, 7) is 4.84. The summed E-state index contributed by atoms with van der Waals surface area (Å²) >= 11 is 0. The van der Waals surface area contributed by atoms with Crippen LogP contribution in [0.5, 0.6) is 0 Å². The molecule has 1 amide bonds. The van der Waals surface area contributed by atoms with E-state index < -0.39 is 6.10 Å². The third-order valence-corrected chi connectivity index (χ3v) is 5.20. The first-order chi connectivity index (χ1) is 10.6. The Balaban J connectivity index is 1.67. The Kier molecular flexibility index (Phi) is 4.50. The van der Waals surface area contributed by atoms with E-state index in [4.69, 9.17) is 0 Å². The Bertz CT molecular complexity index is 517. The SMILES string of the molecule is C[C@H](O)CNC(=O)[C@@]12CCC[C@@H]1CN(Cc1ccccc1)C2. The molecule has 0 radical (unpaired) electrons. The van der Waals surface area contributed by atoms with Gasteiger partial charge in [0, 0.05) is 26.2 Å². The zero-order valence-corrected chi connectivity index (χ0v) is 13.3. The number of carbonyl (C=O) groups excluding carboxylic acids is 1. The number of benzene rings is 1. The first kappa shape index (κ1) is 15.5. The number of aliphatic hydroxyl groups excluding tert-OH is 1. The van der Waals surface area contributed by atoms with E-state index in [1.807, 2.05) is 6.07 Å². The predicted octanol–water partition coefficient (Wildman–Crippen LogP) is 1.79. The summed E-state index contributed by atoms with van der Waals surface area (Å²) < 4.78 is 0. The van der Waals surface area contributed by atoms with Crippen LogP contribution in [0, 0.1) is 11.3 Å². The lowest BCUT2D eigenvalue weighted by atomic mass is 9.80. The van der Waals surface area contributed by atoms with Gasteiger partial charge in [0.2, 0.25) is 5.91 Å². The lowest BCUT2D eigenvalue weighted by molar-refractivity contribution is -0.132. The molecule has 1 aromatic carbocycles. The average Bonchev–Trinajstić information content (AvgIpc) is 3.03. The monoisotopic (exact) mass is 302 g/mol. The first-order valence-electron chi connectivity index (χ1n) is 8.33. The lowest BCUT2D eigenvalue weighted by Crippen LogP contribution is -2.46. The Morgan fingerprint density at radius 1 is 1.45 bits per heavy atom. The van der Waals surface area contributed by atoms with Gasteiger partial charge in [-0.2, -0.15) is 0 Å². The topological polar surface area (TPSA) is 52.6 Å². The van der Waals surface area contributed by atoms with Gasteiger partial charge in [-0.25, -0.2) is 0 Å². The molecular formula is C18H26N2O2. The standard InChI is InChI=1S/C18H26N2O2/c1-14(21)10-19-17(22)18-9-5-8-16(18)12-20(13-18)11-15-6-3-2-4-7-15/h2-4,6-7,14,16,21H,5,8-13H2,1H3,(H,19,22)/t14-,16+,18+/m0/s1. The Morgan fingerprint density at radius 3 is 2.95 bits per heavy atom. The van der Waals surface area contributed by atoms with E-state index in [1.165, 1.54) is 5.56 Å². The fourth-order valence-electron chi connectivity index (χ4n) is 4.14. The summed E-state index contributed by atoms with van der Waals surface area (Å²) in [6, 6.07) is 10.5. The van der Waals surface area contributed by atoms with Crippen LogP contribution >= 0.6 is 0 Å². The summed E-state index contributed by atoms with van der Waals surface area (Å²) in [7, 11) is 0. The summed E-state index contributed by atoms with van der Waals surface area (Å²) in [6.07, 6.45) is 2.79. The molecule has 0 spiro atoms. The van der Waals surface area contributed by atoms with Gasteiger partial charge < -0.3 is 10.4 Å². The van der Waals surface area contributed by atoms with Gasteiger partial charge in [0.15, 0.2) is 0 Å². The maximum absolute atomic E-state index is 12.7. The van der Waals surface area contributed by atoms with Crippen LogP contribution in [-0.4, -0.2) is 41.7 Å². The van der Waals surface area contributed by atoms with E-state index in [9.17, 15) is 9.90 Å². The molecule has 22 heavy (non-hydrogen) atoms. The molecule has 1 saturated carbocycles. The lowest BCUT2D eigenvalue weighted by Gasteiger charge is -2.28. The maximum Gasteiger partial charge on any atom is 0.227 e. The van der Waals surface area contributed by atoms with Crippen molar-refractivity contribution in [1.82, 2.24) is 10.2 Å². The highest BCUT2D eigenvalue weighted by molar-refractivity contribution is 5.84. The molecule has 4 nitrogen and oxygen atoms in total. The van der Waals surface area contributed by atoms with Crippen molar-refractivity contribution in [1.29, 1.82) is 0 Å². The Labute approximate surface area is 132 Å². The molecule has 1 saturated heterocycles. The second kappa shape index (κ2) is 6.39. The zero-order valence-electron chi connectivity index (χ0n) is 13.3. The van der Waals surface area contributed by atoms with E-state index in [-0.39, 0.29) is 11.3 Å². The van der Waals surface area contributed by atoms with Crippen molar-refractivity contribution in [2.24, 2.45) is 11.3 Å². The maximum atomic E-state index is 12.7. The van der Waals surface area contributed by atoms with E-state index in [0.717, 1.165) is 38.9 Å². The number of hydrogen-bond donors (Lipinski definition) is 2. The minimum atomic E-state index is -0.484. The van der Waals surface area contributed by atoms with Gasteiger partial charge in [0.25, 0.3) is 0 Å². The van der Waals surface area contributed by atoms with E-state index >= 15 is 0 Å². The van der Waals surface area contributed by atoms with Gasteiger partial charge in [-0.05, 0) is 31.2 Å². The van der Waals surface area contributed by atoms with Crippen molar-refractivity contribution in [2.45, 2.75) is 38.8 Å². The number of nitrogens with one attached hydrogen (secondary N) is 1. The van der Waals surface area contributed by atoms with Crippen LogP contribution in [0.1, 0.15) is 31.7 Å². The first-order valence-corrected chi connectivity index (χ1v) is 8.33. The Hall–Kier alpha value is -1.39. The van der Waals surface area contributed by atoms with Gasteiger partial charge >= 0.3 is 0 Å². The van der Waals surface area contributed by atoms with Crippen molar-refractivity contribution >= 4 is 5.91 Å². The molecular weight excluding hydrogens is 276 g/mol. The van der Waals surface area contributed by atoms with Crippen LogP contribution < -0.4 is 5.32 Å². The Morgan fingerprint density at radius 2 is 2.23 bits per heavy atom. The minimum Gasteiger partial charge on any atom is -0.392 e. The fraction of sp³-hybridized carbons (Fsp3) is 0.611. The summed E-state index contributed by atoms with van der Waals surface area (Å²) in [5.41, 5.74) is 1.07. The smallest absolute Gasteiger partial charge is 0.227 e. The molecule has 1 heterocycles. The van der Waals surface area contributed by atoms with Gasteiger partial charge in [0.05, 0.1) is 11.5 Å². The van der Waals surface area contributed by atoms with Crippen LogP contribution in [0.3, 0.4) is 0 Å². The molecule has 0 aromatic heterocycles. The molecule has 1 aromatic rings. The van der Waals surface area contributed by atoms with Crippen LogP contribution in [-0.2, 0) is 11.3 Å². The summed E-state index contributed by atoms with van der Waals surface area (Å²) in [5.74, 6) is 0.608. The van der Waals surface area contributed by atoms with E-state index in [2.05, 4.69) is 34.5 Å². The summed E-state index contributed by atoms with van der Waals surface area (Å²) in [5, 5.41) is 12.4. The number of likely N-dealkylation sites (tertiary alicyclic amines) is 1. The van der Waals surface area contributed by atoms with Crippen LogP contribution in [0.4, 0.5) is 0 Å². The molecule has 1 aliphatic carbocycles. The number of aliphatic hydroxyl groups is 1. The molecule has 2 fully saturated rings. The molecule has 3 rings (SSSR count). The molecule has 1 aliphatic heterocycles. The second-order valence-electron chi connectivity index (χ2n) is 6.96. The van der Waals surface area contributed by atoms with Crippen molar-refractivity contribution < 1.29 is 9.90 Å². The number of fused-ring (bicyclic) bond motifs is 1. The van der Waals surface area contributed by atoms with E-state index in [1.54, 1.807) is 6.92 Å². The normalized spacial score (nSPS) is 29.3. The molecule has 0 unspecified atom stereocenters. The number of hydrogen-bond acceptors (Lipinski definition) is 3. The van der Waals surface area contributed by atoms with Crippen molar-refractivity contribution in [3.05, 3.63) is 35.9 Å². The fourth-order valence-corrected chi connectivity index (χ4v) is 4.14. The van der Waals surface area contributed by atoms with Crippen molar-refractivity contribution in [2.75, 3.05) is 19.6 Å². The number of carbonyl (C=O) groups is 1. The third-order valence-electron chi connectivity index (χ3n) is 5.20. The van der Waals surface area contributed by atoms with Gasteiger partial charge in [-0.15, -0.1) is 0 Å². The highest BCUT2D eigenvalue weighted by Crippen LogP contribution is 2.49. The third kappa shape index (κ3) is 3.03. The predicted molar refractivity (Wildman–Crippen MR) is 86.2 cm³/mol. The highest BCUT2D eigenvalue weighted by Gasteiger charge is 2.54. The second-order valence-corrected chi connectivity index (χ2v) is 6.96. The molecule has 3 atom stereocenters. The number of amides is 1. The largest absolute Gasteiger partial charge is 0.392 e.